The van der Waals surface area contributed by atoms with Crippen LogP contribution in [0, 0.1) is 5.92 Å². The standard InChI is InChI=1S/C10H22N2O/c1-3-13-7-6-12(2)10(8-11)9-4-5-9/h9-10H,3-8,11H2,1-2H3. The number of nitrogens with two attached hydrogens (primary N) is 1. The third-order valence-corrected chi connectivity index (χ3v) is 2.77. The lowest BCUT2D eigenvalue weighted by molar-refractivity contribution is 0.104. The van der Waals surface area contributed by atoms with Crippen LogP contribution in [0.15, 0.2) is 0 Å². The Morgan fingerprint density at radius 1 is 1.54 bits per heavy atom. The van der Waals surface area contributed by atoms with Gasteiger partial charge in [0.1, 0.15) is 0 Å². The van der Waals surface area contributed by atoms with Gasteiger partial charge in [0.05, 0.1) is 6.61 Å². The predicted octanol–water partition coefficient (Wildman–Crippen LogP) is 0.692. The van der Waals surface area contributed by atoms with Crippen LogP contribution >= 0.6 is 0 Å². The van der Waals surface area contributed by atoms with Gasteiger partial charge in [0, 0.05) is 25.7 Å². The summed E-state index contributed by atoms with van der Waals surface area (Å²) in [5, 5.41) is 0. The second-order valence-electron chi connectivity index (χ2n) is 3.82. The smallest absolute Gasteiger partial charge is 0.0593 e. The topological polar surface area (TPSA) is 38.5 Å². The quantitative estimate of drug-likeness (QED) is 0.595. The summed E-state index contributed by atoms with van der Waals surface area (Å²) in [5.41, 5.74) is 5.74. The highest BCUT2D eigenvalue weighted by atomic mass is 16.5. The van der Waals surface area contributed by atoms with Gasteiger partial charge in [-0.3, -0.25) is 4.90 Å². The third kappa shape index (κ3) is 3.63. The van der Waals surface area contributed by atoms with Crippen molar-refractivity contribution >= 4 is 0 Å². The molecule has 0 amide bonds. The molecule has 0 aliphatic heterocycles. The Morgan fingerprint density at radius 2 is 2.23 bits per heavy atom. The summed E-state index contributed by atoms with van der Waals surface area (Å²) < 4.78 is 5.32. The van der Waals surface area contributed by atoms with E-state index < -0.39 is 0 Å². The molecule has 1 rings (SSSR count). The van der Waals surface area contributed by atoms with E-state index in [9.17, 15) is 0 Å². The largest absolute Gasteiger partial charge is 0.380 e. The highest BCUT2D eigenvalue weighted by molar-refractivity contribution is 4.87. The minimum Gasteiger partial charge on any atom is -0.380 e. The van der Waals surface area contributed by atoms with Crippen LogP contribution in [0.5, 0.6) is 0 Å². The first-order valence-corrected chi connectivity index (χ1v) is 5.27. The van der Waals surface area contributed by atoms with Crippen LogP contribution in [0.1, 0.15) is 19.8 Å². The van der Waals surface area contributed by atoms with Crippen molar-refractivity contribution in [2.75, 3.05) is 33.4 Å². The van der Waals surface area contributed by atoms with E-state index in [1.807, 2.05) is 6.92 Å². The zero-order valence-electron chi connectivity index (χ0n) is 8.83. The molecule has 13 heavy (non-hydrogen) atoms. The molecule has 1 aliphatic carbocycles. The van der Waals surface area contributed by atoms with Crippen molar-refractivity contribution in [1.29, 1.82) is 0 Å². The van der Waals surface area contributed by atoms with Crippen molar-refractivity contribution in [3.8, 4) is 0 Å². The Morgan fingerprint density at radius 3 is 2.69 bits per heavy atom. The first-order chi connectivity index (χ1) is 6.29. The Hall–Kier alpha value is -0.120. The molecule has 0 saturated heterocycles. The summed E-state index contributed by atoms with van der Waals surface area (Å²) in [6.07, 6.45) is 2.72. The first-order valence-electron chi connectivity index (χ1n) is 5.27. The summed E-state index contributed by atoms with van der Waals surface area (Å²) in [6, 6.07) is 0.584. The number of rotatable bonds is 7. The molecule has 3 heteroatoms. The molecule has 1 fully saturated rings. The molecule has 0 radical (unpaired) electrons. The van der Waals surface area contributed by atoms with E-state index >= 15 is 0 Å². The van der Waals surface area contributed by atoms with E-state index in [4.69, 9.17) is 10.5 Å². The molecule has 2 N–H and O–H groups in total. The van der Waals surface area contributed by atoms with E-state index in [2.05, 4.69) is 11.9 Å². The normalized spacial score (nSPS) is 19.4. The Bertz CT molecular complexity index is 137. The minimum atomic E-state index is 0.584. The molecule has 0 heterocycles. The minimum absolute atomic E-state index is 0.584. The molecule has 0 bridgehead atoms. The van der Waals surface area contributed by atoms with Crippen molar-refractivity contribution in [1.82, 2.24) is 4.90 Å². The summed E-state index contributed by atoms with van der Waals surface area (Å²) in [6.45, 7) is 5.46. The number of likely N-dealkylation sites (N-methyl/N-ethyl adjacent to an activating group) is 1. The summed E-state index contributed by atoms with van der Waals surface area (Å²) in [7, 11) is 2.15. The van der Waals surface area contributed by atoms with Gasteiger partial charge in [-0.15, -0.1) is 0 Å². The van der Waals surface area contributed by atoms with E-state index in [1.54, 1.807) is 0 Å². The third-order valence-electron chi connectivity index (χ3n) is 2.77. The molecule has 0 aromatic rings. The fourth-order valence-electron chi connectivity index (χ4n) is 1.73. The number of ether oxygens (including phenoxy) is 1. The molecule has 3 nitrogen and oxygen atoms in total. The zero-order chi connectivity index (χ0) is 9.68. The lowest BCUT2D eigenvalue weighted by atomic mass is 10.1. The molecule has 0 aromatic heterocycles. The number of hydrogen-bond donors (Lipinski definition) is 1. The lowest BCUT2D eigenvalue weighted by Gasteiger charge is -2.26. The number of nitrogens with zero attached hydrogens (tertiary/aromatic N) is 1. The second kappa shape index (κ2) is 5.58. The van der Waals surface area contributed by atoms with E-state index in [1.165, 1.54) is 12.8 Å². The van der Waals surface area contributed by atoms with Gasteiger partial charge in [-0.2, -0.15) is 0 Å². The Kier molecular flexibility index (Phi) is 4.70. The van der Waals surface area contributed by atoms with Crippen molar-refractivity contribution < 1.29 is 4.74 Å². The van der Waals surface area contributed by atoms with Crippen LogP contribution in [0.4, 0.5) is 0 Å². The molecule has 0 aromatic carbocycles. The van der Waals surface area contributed by atoms with E-state index in [-0.39, 0.29) is 0 Å². The fraction of sp³-hybridized carbons (Fsp3) is 1.00. The van der Waals surface area contributed by atoms with Gasteiger partial charge in [-0.05, 0) is 32.7 Å². The molecular weight excluding hydrogens is 164 g/mol. The average molecular weight is 186 g/mol. The predicted molar refractivity (Wildman–Crippen MR) is 54.7 cm³/mol. The van der Waals surface area contributed by atoms with Gasteiger partial charge in [-0.1, -0.05) is 0 Å². The van der Waals surface area contributed by atoms with Crippen molar-refractivity contribution in [3.63, 3.8) is 0 Å². The maximum Gasteiger partial charge on any atom is 0.0593 e. The second-order valence-corrected chi connectivity index (χ2v) is 3.82. The highest BCUT2D eigenvalue weighted by Crippen LogP contribution is 2.34. The van der Waals surface area contributed by atoms with Crippen molar-refractivity contribution in [2.45, 2.75) is 25.8 Å². The van der Waals surface area contributed by atoms with Gasteiger partial charge in [0.2, 0.25) is 0 Å². The van der Waals surface area contributed by atoms with E-state index in [0.29, 0.717) is 6.04 Å². The van der Waals surface area contributed by atoms with Gasteiger partial charge in [0.25, 0.3) is 0 Å². The van der Waals surface area contributed by atoms with Gasteiger partial charge < -0.3 is 10.5 Å². The molecule has 1 saturated carbocycles. The van der Waals surface area contributed by atoms with Crippen LogP contribution in [-0.4, -0.2) is 44.3 Å². The Balaban J connectivity index is 2.15. The molecular formula is C10H22N2O. The monoisotopic (exact) mass is 186 g/mol. The average Bonchev–Trinajstić information content (AvgIpc) is 2.90. The van der Waals surface area contributed by atoms with Gasteiger partial charge in [0.15, 0.2) is 0 Å². The number of hydrogen-bond acceptors (Lipinski definition) is 3. The van der Waals surface area contributed by atoms with Crippen LogP contribution in [0.3, 0.4) is 0 Å². The van der Waals surface area contributed by atoms with Crippen LogP contribution in [0.25, 0.3) is 0 Å². The molecule has 1 unspecified atom stereocenters. The van der Waals surface area contributed by atoms with Crippen molar-refractivity contribution in [3.05, 3.63) is 0 Å². The highest BCUT2D eigenvalue weighted by Gasteiger charge is 2.32. The Labute approximate surface area is 81.2 Å². The fourth-order valence-corrected chi connectivity index (χ4v) is 1.73. The summed E-state index contributed by atoms with van der Waals surface area (Å²) in [4.78, 5) is 2.34. The summed E-state index contributed by atoms with van der Waals surface area (Å²) >= 11 is 0. The van der Waals surface area contributed by atoms with E-state index in [0.717, 1.165) is 32.2 Å². The van der Waals surface area contributed by atoms with Crippen LogP contribution in [0.2, 0.25) is 0 Å². The first kappa shape index (κ1) is 11.0. The SMILES string of the molecule is CCOCCN(C)C(CN)C1CC1. The lowest BCUT2D eigenvalue weighted by Crippen LogP contribution is -2.41. The van der Waals surface area contributed by atoms with Gasteiger partial charge in [-0.25, -0.2) is 0 Å². The summed E-state index contributed by atoms with van der Waals surface area (Å²) in [5.74, 6) is 0.858. The van der Waals surface area contributed by atoms with Gasteiger partial charge >= 0.3 is 0 Å². The maximum atomic E-state index is 5.74. The van der Waals surface area contributed by atoms with Crippen LogP contribution in [-0.2, 0) is 4.74 Å². The maximum absolute atomic E-state index is 5.74. The van der Waals surface area contributed by atoms with Crippen LogP contribution < -0.4 is 5.73 Å². The molecule has 0 spiro atoms. The molecule has 78 valence electrons. The molecule has 1 aliphatic rings. The zero-order valence-corrected chi connectivity index (χ0v) is 8.83. The molecule has 1 atom stereocenters. The van der Waals surface area contributed by atoms with Crippen molar-refractivity contribution in [2.24, 2.45) is 11.7 Å².